The molecule has 5 amide bonds. The van der Waals surface area contributed by atoms with E-state index in [1.54, 1.807) is 36.7 Å². The number of likely N-dealkylation sites (tertiary alicyclic amines) is 1. The summed E-state index contributed by atoms with van der Waals surface area (Å²) in [6.45, 7) is 2.00. The summed E-state index contributed by atoms with van der Waals surface area (Å²) in [5.74, 6) is -0.771. The number of carbonyl (C=O) groups is 5. The van der Waals surface area contributed by atoms with Crippen LogP contribution in [0.4, 0.5) is 15.9 Å². The topological polar surface area (TPSA) is 199 Å². The fraction of sp³-hybridized carbons (Fsp3) is 0.444. The fourth-order valence-corrected chi connectivity index (χ4v) is 10.1. The molecule has 4 aromatic rings. The first-order chi connectivity index (χ1) is 30.9. The number of hydrogen-bond donors (Lipinski definition) is 3. The zero-order valence-corrected chi connectivity index (χ0v) is 37.6. The number of nitrogen functional groups attached to an aromatic ring is 1. The van der Waals surface area contributed by atoms with E-state index in [9.17, 15) is 32.6 Å². The minimum Gasteiger partial charge on any atom is -0.489 e. The minimum atomic E-state index is -1.02. The largest absolute Gasteiger partial charge is 0.489 e. The van der Waals surface area contributed by atoms with E-state index in [1.165, 1.54) is 12.1 Å². The van der Waals surface area contributed by atoms with Crippen molar-refractivity contribution in [1.82, 2.24) is 29.9 Å². The number of unbranched alkanes of at least 4 members (excludes halogenated alkanes) is 4. The third kappa shape index (κ3) is 11.1. The number of anilines is 2. The summed E-state index contributed by atoms with van der Waals surface area (Å²) in [5.41, 5.74) is 9.15. The summed E-state index contributed by atoms with van der Waals surface area (Å²) in [4.78, 5) is 70.5. The number of nitrogens with two attached hydrogens (primary N) is 1. The molecule has 0 unspecified atom stereocenters. The number of halogens is 3. The first kappa shape index (κ1) is 46.6. The second kappa shape index (κ2) is 21.5. The quantitative estimate of drug-likeness (QED) is 0.0481. The van der Waals surface area contributed by atoms with Crippen molar-refractivity contribution in [3.63, 3.8) is 0 Å². The van der Waals surface area contributed by atoms with Gasteiger partial charge in [-0.25, -0.2) is 9.37 Å². The standard InChI is InChI=1S/C45H51Cl2FN8O7S/c46-33-11-12-34(48)41(47)31(33)17-21-63-37-24-28(25-51-42(37)49)29-26-52-55(27-29)30-15-19-54(20-16-30)39(58)10-3-1-5-22-64(62)23-6-2-4-18-50-35-9-7-8-32-40(35)45(61)56(44(32)60)36-13-14-38(57)53-43(36)59/h7-9,11-12,24-27,30,36,50H,1-6,10,13-23H2,(H2,49,51)(H,53,57,59)/t36-,64-/m1/s1. The van der Waals surface area contributed by atoms with Gasteiger partial charge in [0.1, 0.15) is 11.9 Å². The van der Waals surface area contributed by atoms with Crippen LogP contribution in [-0.2, 0) is 31.6 Å². The molecule has 15 nitrogen and oxygen atoms in total. The Bertz CT molecular complexity index is 2430. The Morgan fingerprint density at radius 1 is 0.953 bits per heavy atom. The summed E-state index contributed by atoms with van der Waals surface area (Å²) in [7, 11) is -0.945. The number of rotatable bonds is 20. The maximum atomic E-state index is 13.9. The maximum Gasteiger partial charge on any atom is 0.264 e. The van der Waals surface area contributed by atoms with Crippen LogP contribution >= 0.6 is 23.2 Å². The maximum absolute atomic E-state index is 13.9. The number of benzene rings is 2. The van der Waals surface area contributed by atoms with E-state index in [4.69, 9.17) is 33.7 Å². The van der Waals surface area contributed by atoms with Gasteiger partial charge in [0, 0.05) is 95.4 Å². The average Bonchev–Trinajstić information content (AvgIpc) is 3.88. The third-order valence-corrected chi connectivity index (χ3v) is 14.1. The van der Waals surface area contributed by atoms with Gasteiger partial charge in [-0.3, -0.25) is 43.1 Å². The first-order valence-corrected chi connectivity index (χ1v) is 23.9. The Morgan fingerprint density at radius 2 is 1.72 bits per heavy atom. The van der Waals surface area contributed by atoms with Gasteiger partial charge in [-0.2, -0.15) is 5.10 Å². The van der Waals surface area contributed by atoms with Crippen molar-refractivity contribution < 1.29 is 37.3 Å². The Labute approximate surface area is 383 Å². The molecular formula is C45H51Cl2FN8O7S. The molecule has 0 bridgehead atoms. The lowest BCUT2D eigenvalue weighted by atomic mass is 10.0. The number of nitrogens with one attached hydrogen (secondary N) is 2. The van der Waals surface area contributed by atoms with Gasteiger partial charge in [-0.1, -0.05) is 42.1 Å². The van der Waals surface area contributed by atoms with Crippen LogP contribution < -0.4 is 21.1 Å². The van der Waals surface area contributed by atoms with Crippen molar-refractivity contribution in [3.8, 4) is 16.9 Å². The molecule has 7 rings (SSSR count). The van der Waals surface area contributed by atoms with E-state index < -0.39 is 46.3 Å². The van der Waals surface area contributed by atoms with Crippen molar-refractivity contribution >= 4 is 75.0 Å². The van der Waals surface area contributed by atoms with Crippen LogP contribution in [0.15, 0.2) is 55.0 Å². The molecule has 64 heavy (non-hydrogen) atoms. The smallest absolute Gasteiger partial charge is 0.264 e. The molecule has 0 spiro atoms. The Morgan fingerprint density at radius 3 is 2.48 bits per heavy atom. The number of ether oxygens (including phenoxy) is 1. The second-order valence-corrected chi connectivity index (χ2v) is 18.7. The van der Waals surface area contributed by atoms with Crippen LogP contribution in [0.5, 0.6) is 5.75 Å². The first-order valence-electron chi connectivity index (χ1n) is 21.7. The number of nitrogens with zero attached hydrogens (tertiary/aromatic N) is 5. The summed E-state index contributed by atoms with van der Waals surface area (Å²) in [5, 5.41) is 10.4. The van der Waals surface area contributed by atoms with Crippen molar-refractivity contribution in [3.05, 3.63) is 87.5 Å². The van der Waals surface area contributed by atoms with E-state index in [0.29, 0.717) is 59.6 Å². The van der Waals surface area contributed by atoms with Gasteiger partial charge in [0.25, 0.3) is 11.8 Å². The number of carbonyl (C=O) groups excluding carboxylic acids is 5. The molecule has 3 aliphatic rings. The summed E-state index contributed by atoms with van der Waals surface area (Å²) < 4.78 is 34.4. The zero-order chi connectivity index (χ0) is 45.3. The number of fused-ring (bicyclic) bond motifs is 1. The SMILES string of the molecule is Nc1ncc(-c2cnn(C3CCN(C(=O)CCCCC[S@@](=O)CCCCCNc4cccc5c4C(=O)N([C@@H]4CCC(=O)NC4=O)C5=O)CC3)c2)cc1OCCc1c(Cl)ccc(F)c1Cl. The highest BCUT2D eigenvalue weighted by atomic mass is 35.5. The van der Waals surface area contributed by atoms with Gasteiger partial charge in [0.15, 0.2) is 11.6 Å². The molecule has 5 heterocycles. The van der Waals surface area contributed by atoms with Crippen LogP contribution in [0, 0.1) is 5.82 Å². The van der Waals surface area contributed by atoms with Crippen LogP contribution in [-0.4, -0.2) is 102 Å². The summed E-state index contributed by atoms with van der Waals surface area (Å²) in [6.07, 6.45) is 12.6. The lowest BCUT2D eigenvalue weighted by Gasteiger charge is -2.32. The van der Waals surface area contributed by atoms with Gasteiger partial charge in [0.2, 0.25) is 17.7 Å². The average molecular weight is 938 g/mol. The number of hydrogen-bond acceptors (Lipinski definition) is 11. The molecule has 2 aromatic carbocycles. The summed E-state index contributed by atoms with van der Waals surface area (Å²) in [6, 6.07) is 8.58. The van der Waals surface area contributed by atoms with Crippen LogP contribution in [0.1, 0.15) is 103 Å². The van der Waals surface area contributed by atoms with E-state index in [0.717, 1.165) is 67.4 Å². The van der Waals surface area contributed by atoms with Gasteiger partial charge >= 0.3 is 0 Å². The fourth-order valence-electron chi connectivity index (χ4n) is 8.28. The molecule has 0 saturated carbocycles. The molecule has 4 N–H and O–H groups in total. The third-order valence-electron chi connectivity index (χ3n) is 11.9. The molecule has 2 atom stereocenters. The van der Waals surface area contributed by atoms with Crippen molar-refractivity contribution in [1.29, 1.82) is 0 Å². The zero-order valence-electron chi connectivity index (χ0n) is 35.3. The normalized spacial score (nSPS) is 17.1. The lowest BCUT2D eigenvalue weighted by molar-refractivity contribution is -0.136. The van der Waals surface area contributed by atoms with E-state index in [-0.39, 0.29) is 59.8 Å². The van der Waals surface area contributed by atoms with Crippen LogP contribution in [0.2, 0.25) is 10.0 Å². The Kier molecular flexibility index (Phi) is 15.7. The molecule has 2 aromatic heterocycles. The monoisotopic (exact) mass is 936 g/mol. The molecule has 2 fully saturated rings. The van der Waals surface area contributed by atoms with Crippen molar-refractivity contribution in [2.45, 2.75) is 89.1 Å². The predicted molar refractivity (Wildman–Crippen MR) is 242 cm³/mol. The molecule has 3 aliphatic heterocycles. The number of piperidine rings is 2. The molecule has 2 saturated heterocycles. The van der Waals surface area contributed by atoms with Crippen molar-refractivity contribution in [2.75, 3.05) is 48.8 Å². The highest BCUT2D eigenvalue weighted by Gasteiger charge is 2.45. The lowest BCUT2D eigenvalue weighted by Crippen LogP contribution is -2.54. The van der Waals surface area contributed by atoms with Crippen molar-refractivity contribution in [2.24, 2.45) is 0 Å². The Hall–Kier alpha value is -5.39. The van der Waals surface area contributed by atoms with Gasteiger partial charge < -0.3 is 20.7 Å². The molecule has 19 heteroatoms. The minimum absolute atomic E-state index is 0.0321. The van der Waals surface area contributed by atoms with E-state index in [1.807, 2.05) is 15.8 Å². The number of aromatic nitrogens is 3. The molecule has 0 radical (unpaired) electrons. The Balaban J connectivity index is 0.747. The second-order valence-electron chi connectivity index (χ2n) is 16.2. The molecular weight excluding hydrogens is 887 g/mol. The highest BCUT2D eigenvalue weighted by Crippen LogP contribution is 2.34. The number of pyridine rings is 1. The predicted octanol–water partition coefficient (Wildman–Crippen LogP) is 6.75. The van der Waals surface area contributed by atoms with Crippen LogP contribution in [0.25, 0.3) is 11.1 Å². The number of amides is 5. The highest BCUT2D eigenvalue weighted by molar-refractivity contribution is 7.84. The van der Waals surface area contributed by atoms with Crippen LogP contribution in [0.3, 0.4) is 0 Å². The number of imide groups is 2. The molecule has 0 aliphatic carbocycles. The van der Waals surface area contributed by atoms with Gasteiger partial charge in [-0.15, -0.1) is 0 Å². The van der Waals surface area contributed by atoms with Gasteiger partial charge in [0.05, 0.1) is 35.0 Å². The summed E-state index contributed by atoms with van der Waals surface area (Å²) >= 11 is 12.3. The van der Waals surface area contributed by atoms with E-state index >= 15 is 0 Å². The van der Waals surface area contributed by atoms with Gasteiger partial charge in [-0.05, 0) is 80.8 Å². The van der Waals surface area contributed by atoms with E-state index in [2.05, 4.69) is 20.7 Å². The molecule has 340 valence electrons.